The van der Waals surface area contributed by atoms with Crippen LogP contribution in [0.25, 0.3) is 0 Å². The fourth-order valence-corrected chi connectivity index (χ4v) is 2.14. The molecule has 1 aromatic rings. The van der Waals surface area contributed by atoms with Gasteiger partial charge in [0.2, 0.25) is 0 Å². The molecule has 3 heteroatoms. The van der Waals surface area contributed by atoms with E-state index >= 15 is 0 Å². The van der Waals surface area contributed by atoms with Crippen LogP contribution in [0.3, 0.4) is 0 Å². The molecule has 1 aromatic carbocycles. The second kappa shape index (κ2) is 4.31. The predicted octanol–water partition coefficient (Wildman–Crippen LogP) is 0.801. The Morgan fingerprint density at radius 3 is 2.40 bits per heavy atom. The molecule has 15 heavy (non-hydrogen) atoms. The highest BCUT2D eigenvalue weighted by atomic mass is 16.3. The van der Waals surface area contributed by atoms with Crippen molar-refractivity contribution in [3.63, 3.8) is 0 Å². The number of rotatable bonds is 2. The standard InChI is InChI=1S/C12H18N2O/c13-11(10-4-2-1-3-5-10)12(15)6-8-14-9-7-12/h1-5,11,14-15H,6-9,13H2. The molecule has 1 unspecified atom stereocenters. The van der Waals surface area contributed by atoms with Crippen LogP contribution in [-0.2, 0) is 0 Å². The summed E-state index contributed by atoms with van der Waals surface area (Å²) in [5.74, 6) is 0. The third-order valence-electron chi connectivity index (χ3n) is 3.21. The fraction of sp³-hybridized carbons (Fsp3) is 0.500. The fourth-order valence-electron chi connectivity index (χ4n) is 2.14. The van der Waals surface area contributed by atoms with Gasteiger partial charge < -0.3 is 16.2 Å². The van der Waals surface area contributed by atoms with Crippen LogP contribution in [0.5, 0.6) is 0 Å². The number of benzene rings is 1. The van der Waals surface area contributed by atoms with Crippen molar-refractivity contribution in [1.82, 2.24) is 5.32 Å². The van der Waals surface area contributed by atoms with Crippen molar-refractivity contribution in [2.24, 2.45) is 5.73 Å². The summed E-state index contributed by atoms with van der Waals surface area (Å²) >= 11 is 0. The topological polar surface area (TPSA) is 58.3 Å². The van der Waals surface area contributed by atoms with E-state index in [2.05, 4.69) is 5.32 Å². The van der Waals surface area contributed by atoms with Crippen LogP contribution >= 0.6 is 0 Å². The highest BCUT2D eigenvalue weighted by molar-refractivity contribution is 5.22. The van der Waals surface area contributed by atoms with Gasteiger partial charge in [-0.05, 0) is 31.5 Å². The molecule has 4 N–H and O–H groups in total. The molecule has 82 valence electrons. The lowest BCUT2D eigenvalue weighted by molar-refractivity contribution is -0.0143. The normalized spacial score (nSPS) is 22.3. The van der Waals surface area contributed by atoms with E-state index in [1.54, 1.807) is 0 Å². The molecule has 0 saturated carbocycles. The first-order chi connectivity index (χ1) is 7.22. The van der Waals surface area contributed by atoms with Crippen molar-refractivity contribution < 1.29 is 5.11 Å². The van der Waals surface area contributed by atoms with Crippen molar-refractivity contribution in [3.05, 3.63) is 35.9 Å². The second-order valence-corrected chi connectivity index (χ2v) is 4.24. The molecule has 1 fully saturated rings. The van der Waals surface area contributed by atoms with Crippen molar-refractivity contribution in [1.29, 1.82) is 0 Å². The highest BCUT2D eigenvalue weighted by Crippen LogP contribution is 2.30. The highest BCUT2D eigenvalue weighted by Gasteiger charge is 2.36. The van der Waals surface area contributed by atoms with Gasteiger partial charge in [0.1, 0.15) is 0 Å². The number of nitrogens with two attached hydrogens (primary N) is 1. The van der Waals surface area contributed by atoms with Crippen LogP contribution in [0.1, 0.15) is 24.4 Å². The van der Waals surface area contributed by atoms with Crippen LogP contribution in [0.2, 0.25) is 0 Å². The minimum absolute atomic E-state index is 0.277. The summed E-state index contributed by atoms with van der Waals surface area (Å²) in [6.45, 7) is 1.69. The number of piperidine rings is 1. The Balaban J connectivity index is 2.16. The summed E-state index contributed by atoms with van der Waals surface area (Å²) in [7, 11) is 0. The van der Waals surface area contributed by atoms with Crippen molar-refractivity contribution in [2.45, 2.75) is 24.5 Å². The molecule has 3 nitrogen and oxygen atoms in total. The van der Waals surface area contributed by atoms with Gasteiger partial charge in [0, 0.05) is 0 Å². The number of aliphatic hydroxyl groups is 1. The van der Waals surface area contributed by atoms with Gasteiger partial charge in [0.05, 0.1) is 11.6 Å². The molecule has 0 aliphatic carbocycles. The second-order valence-electron chi connectivity index (χ2n) is 4.24. The predicted molar refractivity (Wildman–Crippen MR) is 60.4 cm³/mol. The molecule has 0 radical (unpaired) electrons. The van der Waals surface area contributed by atoms with Gasteiger partial charge in [-0.25, -0.2) is 0 Å². The maximum Gasteiger partial charge on any atom is 0.0863 e. The van der Waals surface area contributed by atoms with Gasteiger partial charge in [-0.1, -0.05) is 30.3 Å². The molecule has 1 aliphatic rings. The molecule has 1 heterocycles. The molecule has 0 amide bonds. The van der Waals surface area contributed by atoms with Crippen molar-refractivity contribution in [2.75, 3.05) is 13.1 Å². The lowest BCUT2D eigenvalue weighted by atomic mass is 9.82. The molecule has 1 aliphatic heterocycles. The zero-order valence-corrected chi connectivity index (χ0v) is 8.82. The first kappa shape index (κ1) is 10.6. The van der Waals surface area contributed by atoms with Gasteiger partial charge in [-0.3, -0.25) is 0 Å². The summed E-state index contributed by atoms with van der Waals surface area (Å²) in [4.78, 5) is 0. The first-order valence-electron chi connectivity index (χ1n) is 5.46. The van der Waals surface area contributed by atoms with Gasteiger partial charge in [-0.2, -0.15) is 0 Å². The number of hydrogen-bond acceptors (Lipinski definition) is 3. The monoisotopic (exact) mass is 206 g/mol. The minimum Gasteiger partial charge on any atom is -0.388 e. The smallest absolute Gasteiger partial charge is 0.0863 e. The average Bonchev–Trinajstić information content (AvgIpc) is 2.30. The Bertz CT molecular complexity index is 307. The first-order valence-corrected chi connectivity index (χ1v) is 5.46. The van der Waals surface area contributed by atoms with E-state index in [-0.39, 0.29) is 6.04 Å². The van der Waals surface area contributed by atoms with Crippen molar-refractivity contribution in [3.8, 4) is 0 Å². The Labute approximate surface area is 90.3 Å². The third kappa shape index (κ3) is 2.20. The van der Waals surface area contributed by atoms with Crippen LogP contribution in [0.4, 0.5) is 0 Å². The van der Waals surface area contributed by atoms with Crippen molar-refractivity contribution >= 4 is 0 Å². The maximum absolute atomic E-state index is 10.4. The van der Waals surface area contributed by atoms with Gasteiger partial charge in [0.25, 0.3) is 0 Å². The molecule has 0 spiro atoms. The summed E-state index contributed by atoms with van der Waals surface area (Å²) in [5.41, 5.74) is 6.40. The van der Waals surface area contributed by atoms with Gasteiger partial charge in [0.15, 0.2) is 0 Å². The number of nitrogens with one attached hydrogen (secondary N) is 1. The minimum atomic E-state index is -0.743. The SMILES string of the molecule is NC(c1ccccc1)C1(O)CCNCC1. The van der Waals surface area contributed by atoms with Crippen LogP contribution in [0.15, 0.2) is 30.3 Å². The summed E-state index contributed by atoms with van der Waals surface area (Å²) in [5, 5.41) is 13.7. The Kier molecular flexibility index (Phi) is 3.05. The van der Waals surface area contributed by atoms with E-state index in [9.17, 15) is 5.11 Å². The summed E-state index contributed by atoms with van der Waals surface area (Å²) < 4.78 is 0. The Morgan fingerprint density at radius 1 is 1.20 bits per heavy atom. The molecule has 2 rings (SSSR count). The van der Waals surface area contributed by atoms with E-state index in [4.69, 9.17) is 5.73 Å². The molecule has 1 atom stereocenters. The summed E-state index contributed by atoms with van der Waals surface area (Å²) in [6, 6.07) is 9.55. The molecule has 0 aromatic heterocycles. The Hall–Kier alpha value is -0.900. The van der Waals surface area contributed by atoms with Crippen LogP contribution < -0.4 is 11.1 Å². The third-order valence-corrected chi connectivity index (χ3v) is 3.21. The maximum atomic E-state index is 10.4. The van der Waals surface area contributed by atoms with Gasteiger partial charge in [-0.15, -0.1) is 0 Å². The average molecular weight is 206 g/mol. The molecule has 1 saturated heterocycles. The quantitative estimate of drug-likeness (QED) is 0.671. The van der Waals surface area contributed by atoms with E-state index < -0.39 is 5.60 Å². The largest absolute Gasteiger partial charge is 0.388 e. The van der Waals surface area contributed by atoms with Crippen LogP contribution in [0, 0.1) is 0 Å². The number of hydrogen-bond donors (Lipinski definition) is 3. The van der Waals surface area contributed by atoms with E-state index in [0.717, 1.165) is 31.5 Å². The van der Waals surface area contributed by atoms with E-state index in [1.807, 2.05) is 30.3 Å². The molecular formula is C12H18N2O. The molecule has 0 bridgehead atoms. The van der Waals surface area contributed by atoms with E-state index in [1.165, 1.54) is 0 Å². The zero-order chi connectivity index (χ0) is 10.7. The zero-order valence-electron chi connectivity index (χ0n) is 8.82. The lowest BCUT2D eigenvalue weighted by Gasteiger charge is -2.37. The summed E-state index contributed by atoms with van der Waals surface area (Å²) in [6.07, 6.45) is 1.45. The van der Waals surface area contributed by atoms with Gasteiger partial charge >= 0.3 is 0 Å². The van der Waals surface area contributed by atoms with E-state index in [0.29, 0.717) is 0 Å². The Morgan fingerprint density at radius 2 is 1.80 bits per heavy atom. The van der Waals surface area contributed by atoms with Crippen LogP contribution in [-0.4, -0.2) is 23.8 Å². The molecular weight excluding hydrogens is 188 g/mol. The lowest BCUT2D eigenvalue weighted by Crippen LogP contribution is -2.49.